The lowest BCUT2D eigenvalue weighted by atomic mass is 10.1. The molecule has 118 valence electrons. The molecule has 0 aliphatic carbocycles. The molecule has 2 rings (SSSR count). The number of carbonyl (C=O) groups excluding carboxylic acids is 2. The maximum absolute atomic E-state index is 12.1. The van der Waals surface area contributed by atoms with Gasteiger partial charge in [0, 0.05) is 3.57 Å². The highest BCUT2D eigenvalue weighted by Gasteiger charge is 2.33. The molecule has 0 unspecified atom stereocenters. The molecule has 1 heterocycles. The van der Waals surface area contributed by atoms with Crippen molar-refractivity contribution in [3.05, 3.63) is 33.0 Å². The summed E-state index contributed by atoms with van der Waals surface area (Å²) in [6.07, 6.45) is 0. The molecule has 0 spiro atoms. The number of ether oxygens (including phenoxy) is 3. The predicted octanol–water partition coefficient (Wildman–Crippen LogP) is 1.39. The fraction of sp³-hybridized carbons (Fsp3) is 0.286. The molecule has 1 N–H and O–H groups in total. The normalized spacial score (nSPS) is 14.8. The molecule has 0 radical (unpaired) electrons. The van der Waals surface area contributed by atoms with E-state index in [9.17, 15) is 14.7 Å². The third-order valence-corrected chi connectivity index (χ3v) is 3.92. The number of phenolic OH excluding ortho intramolecular Hbond substituents is 1. The summed E-state index contributed by atoms with van der Waals surface area (Å²) in [6, 6.07) is 4.65. The van der Waals surface area contributed by atoms with E-state index >= 15 is 0 Å². The van der Waals surface area contributed by atoms with Gasteiger partial charge >= 0.3 is 11.9 Å². The summed E-state index contributed by atoms with van der Waals surface area (Å²) in [5.74, 6) is -1.21. The lowest BCUT2D eigenvalue weighted by Gasteiger charge is -2.31. The van der Waals surface area contributed by atoms with E-state index in [1.54, 1.807) is 6.07 Å². The molecule has 8 heteroatoms. The van der Waals surface area contributed by atoms with Crippen LogP contribution in [0.3, 0.4) is 0 Å². The van der Waals surface area contributed by atoms with Crippen LogP contribution in [0.4, 0.5) is 5.69 Å². The minimum atomic E-state index is -0.660. The smallest absolute Gasteiger partial charge is 0.355 e. The molecule has 0 bridgehead atoms. The van der Waals surface area contributed by atoms with Gasteiger partial charge in [-0.2, -0.15) is 0 Å². The first-order valence-electron chi connectivity index (χ1n) is 6.23. The van der Waals surface area contributed by atoms with Gasteiger partial charge in [0.1, 0.15) is 18.2 Å². The van der Waals surface area contributed by atoms with Gasteiger partial charge in [-0.25, -0.2) is 9.59 Å². The van der Waals surface area contributed by atoms with E-state index in [0.29, 0.717) is 9.26 Å². The number of hydrogen-bond acceptors (Lipinski definition) is 7. The molecule has 7 nitrogen and oxygen atoms in total. The number of benzene rings is 1. The summed E-state index contributed by atoms with van der Waals surface area (Å²) in [5.41, 5.74) is 0.772. The molecule has 1 aromatic carbocycles. The fourth-order valence-electron chi connectivity index (χ4n) is 2.05. The minimum Gasteiger partial charge on any atom is -0.508 e. The second kappa shape index (κ2) is 6.97. The number of rotatable bonds is 3. The molecular weight excluding hydrogens is 405 g/mol. The van der Waals surface area contributed by atoms with Crippen molar-refractivity contribution in [3.8, 4) is 5.75 Å². The second-order valence-electron chi connectivity index (χ2n) is 4.35. The van der Waals surface area contributed by atoms with Gasteiger partial charge in [-0.05, 0) is 40.8 Å². The molecule has 0 saturated heterocycles. The first-order valence-corrected chi connectivity index (χ1v) is 7.31. The van der Waals surface area contributed by atoms with Crippen LogP contribution in [0.25, 0.3) is 0 Å². The zero-order valence-electron chi connectivity index (χ0n) is 12.0. The number of nitrogens with zero attached hydrogens (tertiary/aromatic N) is 1. The highest BCUT2D eigenvalue weighted by atomic mass is 127. The van der Waals surface area contributed by atoms with Crippen molar-refractivity contribution in [2.75, 3.05) is 32.5 Å². The Hall–Kier alpha value is -1.81. The van der Waals surface area contributed by atoms with Gasteiger partial charge in [0.15, 0.2) is 0 Å². The van der Waals surface area contributed by atoms with Crippen LogP contribution in [0, 0.1) is 3.57 Å². The molecule has 1 aliphatic rings. The van der Waals surface area contributed by atoms with E-state index in [-0.39, 0.29) is 30.4 Å². The summed E-state index contributed by atoms with van der Waals surface area (Å²) in [7, 11) is 2.47. The topological polar surface area (TPSA) is 85.3 Å². The van der Waals surface area contributed by atoms with Crippen LogP contribution in [-0.4, -0.2) is 44.6 Å². The van der Waals surface area contributed by atoms with E-state index < -0.39 is 11.9 Å². The molecular formula is C14H14INO6. The number of carbonyl (C=O) groups is 2. The maximum atomic E-state index is 12.1. The third-order valence-electron chi connectivity index (χ3n) is 3.06. The van der Waals surface area contributed by atoms with Gasteiger partial charge in [-0.15, -0.1) is 0 Å². The Balaban J connectivity index is 2.57. The van der Waals surface area contributed by atoms with Crippen LogP contribution in [-0.2, 0) is 23.8 Å². The number of halogens is 1. The molecule has 1 aliphatic heterocycles. The van der Waals surface area contributed by atoms with Crippen LogP contribution in [0.5, 0.6) is 5.75 Å². The van der Waals surface area contributed by atoms with E-state index in [1.165, 1.54) is 31.3 Å². The van der Waals surface area contributed by atoms with Crippen LogP contribution >= 0.6 is 22.6 Å². The summed E-state index contributed by atoms with van der Waals surface area (Å²) >= 11 is 2.02. The summed E-state index contributed by atoms with van der Waals surface area (Å²) in [5, 5.41) is 9.50. The third kappa shape index (κ3) is 3.17. The van der Waals surface area contributed by atoms with Crippen molar-refractivity contribution < 1.29 is 28.9 Å². The Bertz CT molecular complexity index is 642. The van der Waals surface area contributed by atoms with E-state index in [0.717, 1.165) is 0 Å². The Morgan fingerprint density at radius 1 is 1.27 bits per heavy atom. The average Bonchev–Trinajstić information content (AvgIpc) is 2.52. The fourth-order valence-corrected chi connectivity index (χ4v) is 2.84. The van der Waals surface area contributed by atoms with Crippen molar-refractivity contribution in [1.29, 1.82) is 0 Å². The number of anilines is 1. The average molecular weight is 419 g/mol. The Labute approximate surface area is 140 Å². The van der Waals surface area contributed by atoms with Gasteiger partial charge < -0.3 is 24.2 Å². The standard InChI is InChI=1S/C14H14INO6/c1-20-13(18)9-6-22-7-16(12(9)14(19)21-2)11-4-3-8(17)5-10(11)15/h3-5,17H,6-7H2,1-2H3. The lowest BCUT2D eigenvalue weighted by Crippen LogP contribution is -2.39. The first-order chi connectivity index (χ1) is 10.5. The van der Waals surface area contributed by atoms with Crippen LogP contribution < -0.4 is 4.90 Å². The number of phenols is 1. The number of methoxy groups -OCH3 is 2. The monoisotopic (exact) mass is 419 g/mol. The van der Waals surface area contributed by atoms with E-state index in [2.05, 4.69) is 0 Å². The number of hydrogen-bond donors (Lipinski definition) is 1. The molecule has 1 aromatic rings. The molecule has 0 fully saturated rings. The molecule has 0 saturated carbocycles. The quantitative estimate of drug-likeness (QED) is 0.586. The first kappa shape index (κ1) is 16.6. The second-order valence-corrected chi connectivity index (χ2v) is 5.51. The van der Waals surface area contributed by atoms with E-state index in [4.69, 9.17) is 14.2 Å². The predicted molar refractivity (Wildman–Crippen MR) is 85.2 cm³/mol. The Morgan fingerprint density at radius 3 is 2.55 bits per heavy atom. The SMILES string of the molecule is COC(=O)C1=C(C(=O)OC)N(c2ccc(O)cc2I)COC1. The summed E-state index contributed by atoms with van der Waals surface area (Å²) < 4.78 is 15.5. The van der Waals surface area contributed by atoms with Crippen molar-refractivity contribution in [1.82, 2.24) is 0 Å². The minimum absolute atomic E-state index is 0.0394. The van der Waals surface area contributed by atoms with Crippen molar-refractivity contribution >= 4 is 40.2 Å². The molecule has 22 heavy (non-hydrogen) atoms. The molecule has 0 aromatic heterocycles. The number of esters is 2. The van der Waals surface area contributed by atoms with Crippen molar-refractivity contribution in [2.45, 2.75) is 0 Å². The van der Waals surface area contributed by atoms with Gasteiger partial charge in [-0.1, -0.05) is 0 Å². The van der Waals surface area contributed by atoms with Crippen LogP contribution in [0.2, 0.25) is 0 Å². The van der Waals surface area contributed by atoms with E-state index in [1.807, 2.05) is 22.6 Å². The Kier molecular flexibility index (Phi) is 5.24. The van der Waals surface area contributed by atoms with Crippen molar-refractivity contribution in [2.24, 2.45) is 0 Å². The van der Waals surface area contributed by atoms with Gasteiger partial charge in [0.25, 0.3) is 0 Å². The lowest BCUT2D eigenvalue weighted by molar-refractivity contribution is -0.140. The summed E-state index contributed by atoms with van der Waals surface area (Å²) in [6.45, 7) is 0.0357. The zero-order chi connectivity index (χ0) is 16.3. The van der Waals surface area contributed by atoms with Crippen LogP contribution in [0.15, 0.2) is 29.5 Å². The largest absolute Gasteiger partial charge is 0.508 e. The maximum Gasteiger partial charge on any atom is 0.355 e. The summed E-state index contributed by atoms with van der Waals surface area (Å²) in [4.78, 5) is 25.5. The zero-order valence-corrected chi connectivity index (χ0v) is 14.1. The van der Waals surface area contributed by atoms with Gasteiger partial charge in [0.2, 0.25) is 0 Å². The molecule has 0 amide bonds. The highest BCUT2D eigenvalue weighted by molar-refractivity contribution is 14.1. The van der Waals surface area contributed by atoms with Crippen LogP contribution in [0.1, 0.15) is 0 Å². The van der Waals surface area contributed by atoms with Gasteiger partial charge in [0.05, 0.1) is 32.1 Å². The molecule has 0 atom stereocenters. The highest BCUT2D eigenvalue weighted by Crippen LogP contribution is 2.32. The van der Waals surface area contributed by atoms with Crippen molar-refractivity contribution in [3.63, 3.8) is 0 Å². The Morgan fingerprint density at radius 2 is 1.95 bits per heavy atom. The van der Waals surface area contributed by atoms with Gasteiger partial charge in [-0.3, -0.25) is 0 Å². The number of aromatic hydroxyl groups is 1.